The quantitative estimate of drug-likeness (QED) is 0.860. The third-order valence-electron chi connectivity index (χ3n) is 3.72. The van der Waals surface area contributed by atoms with Gasteiger partial charge in [-0.05, 0) is 31.0 Å². The Balaban J connectivity index is 2.04. The Labute approximate surface area is 124 Å². The highest BCUT2D eigenvalue weighted by molar-refractivity contribution is 5.79. The molecule has 21 heavy (non-hydrogen) atoms. The Bertz CT molecular complexity index is 492. The number of hydrogen-bond acceptors (Lipinski definition) is 5. The highest BCUT2D eigenvalue weighted by Gasteiger charge is 2.30. The van der Waals surface area contributed by atoms with E-state index in [0.717, 1.165) is 12.0 Å². The number of aromatic hydroxyl groups is 1. The molecule has 116 valence electrons. The van der Waals surface area contributed by atoms with Gasteiger partial charge in [0.2, 0.25) is 11.7 Å². The van der Waals surface area contributed by atoms with Crippen molar-refractivity contribution in [3.8, 4) is 17.2 Å². The number of hydrogen-bond donors (Lipinski definition) is 2. The monoisotopic (exact) mass is 295 g/mol. The Kier molecular flexibility index (Phi) is 4.90. The number of rotatable bonds is 5. The summed E-state index contributed by atoms with van der Waals surface area (Å²) >= 11 is 0. The number of phenols is 1. The fourth-order valence-corrected chi connectivity index (χ4v) is 2.45. The molecule has 0 spiro atoms. The van der Waals surface area contributed by atoms with Crippen molar-refractivity contribution < 1.29 is 24.1 Å². The summed E-state index contributed by atoms with van der Waals surface area (Å²) in [5.74, 6) is 0.456. The van der Waals surface area contributed by atoms with Crippen molar-refractivity contribution in [2.45, 2.75) is 26.0 Å². The van der Waals surface area contributed by atoms with E-state index in [-0.39, 0.29) is 23.7 Å². The molecule has 1 aromatic rings. The first-order valence-corrected chi connectivity index (χ1v) is 6.90. The SMILES string of the molecule is COc1cc(CNC(=O)C2CCOC2C)cc(OC)c1O. The zero-order chi connectivity index (χ0) is 15.4. The lowest BCUT2D eigenvalue weighted by Crippen LogP contribution is -2.33. The lowest BCUT2D eigenvalue weighted by Gasteiger charge is -2.15. The van der Waals surface area contributed by atoms with Gasteiger partial charge in [0.25, 0.3) is 0 Å². The zero-order valence-electron chi connectivity index (χ0n) is 12.5. The molecule has 2 N–H and O–H groups in total. The molecule has 1 heterocycles. The van der Waals surface area contributed by atoms with Gasteiger partial charge in [0.15, 0.2) is 11.5 Å². The van der Waals surface area contributed by atoms with Crippen LogP contribution in [-0.4, -0.2) is 37.9 Å². The summed E-state index contributed by atoms with van der Waals surface area (Å²) in [6.45, 7) is 2.87. The van der Waals surface area contributed by atoms with Gasteiger partial charge in [-0.3, -0.25) is 4.79 Å². The fraction of sp³-hybridized carbons (Fsp3) is 0.533. The van der Waals surface area contributed by atoms with Gasteiger partial charge in [0, 0.05) is 13.2 Å². The van der Waals surface area contributed by atoms with Crippen LogP contribution in [0.15, 0.2) is 12.1 Å². The topological polar surface area (TPSA) is 77.0 Å². The molecule has 0 aromatic heterocycles. The van der Waals surface area contributed by atoms with E-state index in [1.807, 2.05) is 6.92 Å². The predicted octanol–water partition coefficient (Wildman–Crippen LogP) is 1.45. The first kappa shape index (κ1) is 15.4. The van der Waals surface area contributed by atoms with Crippen molar-refractivity contribution in [3.05, 3.63) is 17.7 Å². The van der Waals surface area contributed by atoms with E-state index in [1.165, 1.54) is 14.2 Å². The molecule has 2 unspecified atom stereocenters. The molecule has 1 aromatic carbocycles. The number of benzene rings is 1. The molecule has 0 radical (unpaired) electrons. The van der Waals surface area contributed by atoms with Crippen LogP contribution in [-0.2, 0) is 16.1 Å². The van der Waals surface area contributed by atoms with Crippen LogP contribution in [0.3, 0.4) is 0 Å². The Morgan fingerprint density at radius 2 is 2.00 bits per heavy atom. The van der Waals surface area contributed by atoms with E-state index < -0.39 is 0 Å². The van der Waals surface area contributed by atoms with E-state index in [1.54, 1.807) is 12.1 Å². The number of carbonyl (C=O) groups excluding carboxylic acids is 1. The minimum atomic E-state index is -0.106. The highest BCUT2D eigenvalue weighted by Crippen LogP contribution is 2.37. The minimum absolute atomic E-state index is 0.0222. The third-order valence-corrected chi connectivity index (χ3v) is 3.72. The van der Waals surface area contributed by atoms with Crippen molar-refractivity contribution in [1.29, 1.82) is 0 Å². The number of methoxy groups -OCH3 is 2. The van der Waals surface area contributed by atoms with Gasteiger partial charge in [0.1, 0.15) is 0 Å². The van der Waals surface area contributed by atoms with Crippen LogP contribution in [0.5, 0.6) is 17.2 Å². The Morgan fingerprint density at radius 3 is 2.48 bits per heavy atom. The van der Waals surface area contributed by atoms with Crippen molar-refractivity contribution in [3.63, 3.8) is 0 Å². The molecular formula is C15H21NO5. The van der Waals surface area contributed by atoms with Gasteiger partial charge in [-0.2, -0.15) is 0 Å². The van der Waals surface area contributed by atoms with Crippen LogP contribution in [0.25, 0.3) is 0 Å². The maximum atomic E-state index is 12.1. The molecule has 0 saturated carbocycles. The number of nitrogens with one attached hydrogen (secondary N) is 1. The molecule has 0 aliphatic carbocycles. The van der Waals surface area contributed by atoms with Crippen molar-refractivity contribution in [1.82, 2.24) is 5.32 Å². The Morgan fingerprint density at radius 1 is 1.38 bits per heavy atom. The van der Waals surface area contributed by atoms with E-state index in [4.69, 9.17) is 14.2 Å². The second-order valence-electron chi connectivity index (χ2n) is 5.04. The van der Waals surface area contributed by atoms with Gasteiger partial charge in [0.05, 0.1) is 26.2 Å². The van der Waals surface area contributed by atoms with E-state index in [9.17, 15) is 9.90 Å². The summed E-state index contributed by atoms with van der Waals surface area (Å²) in [5, 5.41) is 12.7. The third kappa shape index (κ3) is 3.39. The van der Waals surface area contributed by atoms with Gasteiger partial charge < -0.3 is 24.6 Å². The standard InChI is InChI=1S/C15H21NO5/c1-9-11(4-5-21-9)15(18)16-8-10-6-12(19-2)14(17)13(7-10)20-3/h6-7,9,11,17H,4-5,8H2,1-3H3,(H,16,18). The molecule has 1 saturated heterocycles. The summed E-state index contributed by atoms with van der Waals surface area (Å²) in [4.78, 5) is 12.1. The Hall–Kier alpha value is -1.95. The molecule has 6 nitrogen and oxygen atoms in total. The molecule has 0 bridgehead atoms. The maximum absolute atomic E-state index is 12.1. The second-order valence-corrected chi connectivity index (χ2v) is 5.04. The van der Waals surface area contributed by atoms with Gasteiger partial charge >= 0.3 is 0 Å². The van der Waals surface area contributed by atoms with E-state index in [0.29, 0.717) is 24.7 Å². The van der Waals surface area contributed by atoms with Crippen LogP contribution < -0.4 is 14.8 Å². The lowest BCUT2D eigenvalue weighted by atomic mass is 10.0. The average Bonchev–Trinajstić information content (AvgIpc) is 2.92. The van der Waals surface area contributed by atoms with Crippen LogP contribution in [0.1, 0.15) is 18.9 Å². The van der Waals surface area contributed by atoms with Crippen LogP contribution in [0.2, 0.25) is 0 Å². The molecule has 6 heteroatoms. The zero-order valence-corrected chi connectivity index (χ0v) is 12.5. The van der Waals surface area contributed by atoms with Crippen LogP contribution in [0, 0.1) is 5.92 Å². The van der Waals surface area contributed by atoms with Gasteiger partial charge in [-0.15, -0.1) is 0 Å². The summed E-state index contributed by atoms with van der Waals surface area (Å²) in [7, 11) is 2.93. The average molecular weight is 295 g/mol. The summed E-state index contributed by atoms with van der Waals surface area (Å²) < 4.78 is 15.6. The molecule has 1 fully saturated rings. The first-order chi connectivity index (χ1) is 10.1. The predicted molar refractivity (Wildman–Crippen MR) is 76.6 cm³/mol. The second kappa shape index (κ2) is 6.67. The number of amides is 1. The van der Waals surface area contributed by atoms with Crippen LogP contribution in [0.4, 0.5) is 0 Å². The smallest absolute Gasteiger partial charge is 0.226 e. The van der Waals surface area contributed by atoms with Crippen molar-refractivity contribution in [2.75, 3.05) is 20.8 Å². The summed E-state index contributed by atoms with van der Waals surface area (Å²) in [6.07, 6.45) is 0.698. The van der Waals surface area contributed by atoms with E-state index >= 15 is 0 Å². The highest BCUT2D eigenvalue weighted by atomic mass is 16.5. The van der Waals surface area contributed by atoms with E-state index in [2.05, 4.69) is 5.32 Å². The fourth-order valence-electron chi connectivity index (χ4n) is 2.45. The number of ether oxygens (including phenoxy) is 3. The van der Waals surface area contributed by atoms with Crippen molar-refractivity contribution >= 4 is 5.91 Å². The molecule has 2 rings (SSSR count). The van der Waals surface area contributed by atoms with Gasteiger partial charge in [-0.25, -0.2) is 0 Å². The molecule has 2 atom stereocenters. The lowest BCUT2D eigenvalue weighted by molar-refractivity contribution is -0.126. The number of carbonyl (C=O) groups is 1. The van der Waals surface area contributed by atoms with Crippen molar-refractivity contribution in [2.24, 2.45) is 5.92 Å². The minimum Gasteiger partial charge on any atom is -0.502 e. The molecular weight excluding hydrogens is 274 g/mol. The van der Waals surface area contributed by atoms with Crippen LogP contribution >= 0.6 is 0 Å². The molecule has 1 aliphatic rings. The largest absolute Gasteiger partial charge is 0.502 e. The normalized spacial score (nSPS) is 21.1. The molecule has 1 aliphatic heterocycles. The molecule has 1 amide bonds. The summed E-state index contributed by atoms with van der Waals surface area (Å²) in [6, 6.07) is 3.35. The maximum Gasteiger partial charge on any atom is 0.226 e. The summed E-state index contributed by atoms with van der Waals surface area (Å²) in [5.41, 5.74) is 0.793. The number of phenolic OH excluding ortho intramolecular Hbond substituents is 1. The van der Waals surface area contributed by atoms with Gasteiger partial charge in [-0.1, -0.05) is 0 Å². The first-order valence-electron chi connectivity index (χ1n) is 6.90.